The smallest absolute Gasteiger partial charge is 0.264 e. The lowest BCUT2D eigenvalue weighted by Crippen LogP contribution is -2.39. The van der Waals surface area contributed by atoms with Crippen LogP contribution in [0.5, 0.6) is 0 Å². The fourth-order valence-electron chi connectivity index (χ4n) is 2.97. The van der Waals surface area contributed by atoms with Gasteiger partial charge in [0.1, 0.15) is 6.54 Å². The molecule has 0 saturated carbocycles. The molecule has 0 saturated heterocycles. The maximum absolute atomic E-state index is 13.3. The summed E-state index contributed by atoms with van der Waals surface area (Å²) in [5.74, 6) is -0.534. The predicted molar refractivity (Wildman–Crippen MR) is 124 cm³/mol. The van der Waals surface area contributed by atoms with Gasteiger partial charge in [0.05, 0.1) is 16.3 Å². The fourth-order valence-corrected chi connectivity index (χ4v) is 4.41. The lowest BCUT2D eigenvalue weighted by molar-refractivity contribution is -0.119. The van der Waals surface area contributed by atoms with Crippen molar-refractivity contribution in [2.24, 2.45) is 5.10 Å². The molecule has 3 aromatic rings. The second kappa shape index (κ2) is 9.57. The number of hydrogen-bond acceptors (Lipinski definition) is 4. The molecule has 3 rings (SSSR count). The van der Waals surface area contributed by atoms with Gasteiger partial charge in [-0.1, -0.05) is 54.6 Å². The number of sulfonamides is 1. The van der Waals surface area contributed by atoms with E-state index in [0.717, 1.165) is 21.0 Å². The number of hydrogen-bond donors (Lipinski definition) is 1. The molecule has 0 radical (unpaired) electrons. The first-order chi connectivity index (χ1) is 14.8. The normalized spacial score (nSPS) is 11.8. The number of hydrazone groups is 1. The largest absolute Gasteiger partial charge is 0.271 e. The zero-order chi connectivity index (χ0) is 22.4. The van der Waals surface area contributed by atoms with E-state index in [1.54, 1.807) is 37.3 Å². The molecule has 0 heterocycles. The van der Waals surface area contributed by atoms with Crippen molar-refractivity contribution in [3.63, 3.8) is 0 Å². The van der Waals surface area contributed by atoms with E-state index >= 15 is 0 Å². The first-order valence-corrected chi connectivity index (χ1v) is 11.3. The quantitative estimate of drug-likeness (QED) is 0.449. The van der Waals surface area contributed by atoms with Gasteiger partial charge in [0.25, 0.3) is 15.9 Å². The van der Waals surface area contributed by atoms with Crippen LogP contribution in [0.2, 0.25) is 0 Å². The van der Waals surface area contributed by atoms with Crippen LogP contribution in [-0.4, -0.2) is 26.6 Å². The molecule has 0 atom stereocenters. The van der Waals surface area contributed by atoms with E-state index in [1.807, 2.05) is 50.2 Å². The summed E-state index contributed by atoms with van der Waals surface area (Å²) in [6.45, 7) is 5.23. The van der Waals surface area contributed by atoms with Gasteiger partial charge in [-0.2, -0.15) is 5.10 Å². The molecular formula is C24H25N3O3S. The molecular weight excluding hydrogens is 410 g/mol. The molecule has 160 valence electrons. The highest BCUT2D eigenvalue weighted by atomic mass is 32.2. The Bertz CT molecular complexity index is 1190. The van der Waals surface area contributed by atoms with Gasteiger partial charge in [-0.05, 0) is 61.7 Å². The summed E-state index contributed by atoms with van der Waals surface area (Å²) in [6, 6.07) is 22.8. The summed E-state index contributed by atoms with van der Waals surface area (Å²) in [5, 5.41) is 4.12. The van der Waals surface area contributed by atoms with Crippen molar-refractivity contribution in [3.05, 3.63) is 95.6 Å². The maximum atomic E-state index is 13.3. The van der Waals surface area contributed by atoms with Gasteiger partial charge in [-0.25, -0.2) is 13.8 Å². The van der Waals surface area contributed by atoms with Crippen LogP contribution in [-0.2, 0) is 14.8 Å². The molecule has 0 aromatic heterocycles. The van der Waals surface area contributed by atoms with Crippen LogP contribution < -0.4 is 9.73 Å². The Morgan fingerprint density at radius 1 is 0.903 bits per heavy atom. The third-order valence-corrected chi connectivity index (χ3v) is 6.72. The molecule has 31 heavy (non-hydrogen) atoms. The summed E-state index contributed by atoms with van der Waals surface area (Å²) >= 11 is 0. The van der Waals surface area contributed by atoms with Crippen molar-refractivity contribution in [1.82, 2.24) is 5.43 Å². The molecule has 1 N–H and O–H groups in total. The summed E-state index contributed by atoms with van der Waals surface area (Å²) in [6.07, 6.45) is 0. The minimum absolute atomic E-state index is 0.116. The molecule has 6 nitrogen and oxygen atoms in total. The molecule has 0 fully saturated rings. The van der Waals surface area contributed by atoms with Gasteiger partial charge in [0.2, 0.25) is 0 Å². The lowest BCUT2D eigenvalue weighted by Gasteiger charge is -2.24. The van der Waals surface area contributed by atoms with Crippen molar-refractivity contribution in [3.8, 4) is 0 Å². The third-order valence-electron chi connectivity index (χ3n) is 4.94. The third kappa shape index (κ3) is 5.38. The van der Waals surface area contributed by atoms with E-state index < -0.39 is 22.5 Å². The Labute approximate surface area is 183 Å². The van der Waals surface area contributed by atoms with E-state index in [-0.39, 0.29) is 4.90 Å². The highest BCUT2D eigenvalue weighted by Crippen LogP contribution is 2.25. The van der Waals surface area contributed by atoms with Crippen LogP contribution in [0.1, 0.15) is 23.6 Å². The van der Waals surface area contributed by atoms with E-state index in [1.165, 1.54) is 12.1 Å². The Morgan fingerprint density at radius 2 is 1.52 bits per heavy atom. The zero-order valence-corrected chi connectivity index (χ0v) is 18.6. The number of benzene rings is 3. The number of carbonyl (C=O) groups excluding carboxylic acids is 1. The van der Waals surface area contributed by atoms with Crippen LogP contribution in [0.3, 0.4) is 0 Å². The molecule has 0 bridgehead atoms. The van der Waals surface area contributed by atoms with Crippen LogP contribution in [0, 0.1) is 13.8 Å². The Kier molecular flexibility index (Phi) is 6.87. The Hall–Kier alpha value is -3.45. The van der Waals surface area contributed by atoms with Gasteiger partial charge in [-0.15, -0.1) is 0 Å². The predicted octanol–water partition coefficient (Wildman–Crippen LogP) is 4.04. The standard InChI is InChI=1S/C24H25N3O3S/c1-18-14-15-22(16-19(18)2)27(31(29,30)23-12-8-5-9-13-23)17-24(28)26-25-20(3)21-10-6-4-7-11-21/h4-16H,17H2,1-3H3,(H,26,28)/b25-20-. The lowest BCUT2D eigenvalue weighted by atomic mass is 10.1. The SMILES string of the molecule is C/C(=N/NC(=O)CN(c1ccc(C)c(C)c1)S(=O)(=O)c1ccccc1)c1ccccc1. The van der Waals surface area contributed by atoms with Crippen LogP contribution in [0.15, 0.2) is 88.9 Å². The minimum atomic E-state index is -3.95. The highest BCUT2D eigenvalue weighted by molar-refractivity contribution is 7.92. The Morgan fingerprint density at radius 3 is 2.13 bits per heavy atom. The van der Waals surface area contributed by atoms with E-state index in [2.05, 4.69) is 10.5 Å². The van der Waals surface area contributed by atoms with Gasteiger partial charge >= 0.3 is 0 Å². The minimum Gasteiger partial charge on any atom is -0.271 e. The second-order valence-electron chi connectivity index (χ2n) is 7.19. The summed E-state index contributed by atoms with van der Waals surface area (Å²) in [4.78, 5) is 12.8. The van der Waals surface area contributed by atoms with Gasteiger partial charge in [0.15, 0.2) is 0 Å². The van der Waals surface area contributed by atoms with Gasteiger partial charge in [0, 0.05) is 0 Å². The number of carbonyl (C=O) groups is 1. The monoisotopic (exact) mass is 435 g/mol. The Balaban J connectivity index is 1.90. The average molecular weight is 436 g/mol. The number of anilines is 1. The molecule has 3 aromatic carbocycles. The molecule has 0 aliphatic carbocycles. The number of nitrogens with zero attached hydrogens (tertiary/aromatic N) is 2. The van der Waals surface area contributed by atoms with E-state index in [9.17, 15) is 13.2 Å². The van der Waals surface area contributed by atoms with Crippen LogP contribution in [0.25, 0.3) is 0 Å². The second-order valence-corrected chi connectivity index (χ2v) is 9.05. The van der Waals surface area contributed by atoms with Gasteiger partial charge < -0.3 is 0 Å². The fraction of sp³-hybridized carbons (Fsp3) is 0.167. The molecule has 0 spiro atoms. The number of rotatable bonds is 7. The average Bonchev–Trinajstić information content (AvgIpc) is 2.79. The highest BCUT2D eigenvalue weighted by Gasteiger charge is 2.27. The van der Waals surface area contributed by atoms with Crippen molar-refractivity contribution >= 4 is 27.3 Å². The number of amides is 1. The summed E-state index contributed by atoms with van der Waals surface area (Å²) in [5.41, 5.74) is 6.35. The van der Waals surface area contributed by atoms with Crippen LogP contribution >= 0.6 is 0 Å². The maximum Gasteiger partial charge on any atom is 0.264 e. The topological polar surface area (TPSA) is 78.8 Å². The zero-order valence-electron chi connectivity index (χ0n) is 17.7. The van der Waals surface area contributed by atoms with Crippen molar-refractivity contribution in [1.29, 1.82) is 0 Å². The van der Waals surface area contributed by atoms with Crippen molar-refractivity contribution in [2.75, 3.05) is 10.8 Å². The molecule has 7 heteroatoms. The van der Waals surface area contributed by atoms with Crippen molar-refractivity contribution < 1.29 is 13.2 Å². The van der Waals surface area contributed by atoms with E-state index in [4.69, 9.17) is 0 Å². The molecule has 0 unspecified atom stereocenters. The number of nitrogens with one attached hydrogen (secondary N) is 1. The first-order valence-electron chi connectivity index (χ1n) is 9.82. The summed E-state index contributed by atoms with van der Waals surface area (Å²) < 4.78 is 27.8. The van der Waals surface area contributed by atoms with Crippen LogP contribution in [0.4, 0.5) is 5.69 Å². The molecule has 0 aliphatic heterocycles. The molecule has 1 amide bonds. The number of aryl methyl sites for hydroxylation is 2. The van der Waals surface area contributed by atoms with Gasteiger partial charge in [-0.3, -0.25) is 9.10 Å². The first kappa shape index (κ1) is 22.2. The molecule has 0 aliphatic rings. The van der Waals surface area contributed by atoms with Crippen molar-refractivity contribution in [2.45, 2.75) is 25.7 Å². The summed E-state index contributed by atoms with van der Waals surface area (Å²) in [7, 11) is -3.95. The van der Waals surface area contributed by atoms with E-state index in [0.29, 0.717) is 11.4 Å².